The minimum Gasteiger partial charge on any atom is -0.486 e. The summed E-state index contributed by atoms with van der Waals surface area (Å²) in [5, 5.41) is 9.73. The predicted octanol–water partition coefficient (Wildman–Crippen LogP) is 4.75. The van der Waals surface area contributed by atoms with Crippen LogP contribution in [-0.4, -0.2) is 19.2 Å². The van der Waals surface area contributed by atoms with Crippen LogP contribution in [0.1, 0.15) is 24.9 Å². The number of anilines is 1. The Morgan fingerprint density at radius 1 is 1.04 bits per heavy atom. The molecule has 0 saturated heterocycles. The van der Waals surface area contributed by atoms with Gasteiger partial charge in [-0.1, -0.05) is 54.6 Å². The predicted molar refractivity (Wildman–Crippen MR) is 104 cm³/mol. The SMILES string of the molecule is C[C@@H](NCCC1CNc2ccccc2O1)c1cccc2ccccc12. The molecule has 1 aliphatic heterocycles. The van der Waals surface area contributed by atoms with Crippen molar-refractivity contribution in [3.8, 4) is 5.75 Å². The van der Waals surface area contributed by atoms with Crippen molar-refractivity contribution in [2.24, 2.45) is 0 Å². The molecule has 0 aromatic heterocycles. The van der Waals surface area contributed by atoms with E-state index in [1.807, 2.05) is 18.2 Å². The maximum atomic E-state index is 6.09. The third kappa shape index (κ3) is 3.47. The maximum Gasteiger partial charge on any atom is 0.142 e. The van der Waals surface area contributed by atoms with E-state index >= 15 is 0 Å². The van der Waals surface area contributed by atoms with E-state index in [2.05, 4.69) is 66.1 Å². The zero-order valence-electron chi connectivity index (χ0n) is 14.5. The molecule has 0 spiro atoms. The Hall–Kier alpha value is -2.52. The Bertz CT molecular complexity index is 856. The van der Waals surface area contributed by atoms with Crippen molar-refractivity contribution in [1.82, 2.24) is 5.32 Å². The normalized spacial score (nSPS) is 17.4. The molecule has 3 aromatic rings. The third-order valence-electron chi connectivity index (χ3n) is 4.91. The van der Waals surface area contributed by atoms with Gasteiger partial charge in [0.15, 0.2) is 0 Å². The molecule has 0 saturated carbocycles. The van der Waals surface area contributed by atoms with Crippen molar-refractivity contribution < 1.29 is 4.74 Å². The third-order valence-corrected chi connectivity index (χ3v) is 4.91. The molecule has 0 radical (unpaired) electrons. The Labute approximate surface area is 149 Å². The number of benzene rings is 3. The Balaban J connectivity index is 1.36. The van der Waals surface area contributed by atoms with Crippen LogP contribution in [0.15, 0.2) is 66.7 Å². The van der Waals surface area contributed by atoms with Gasteiger partial charge in [-0.3, -0.25) is 0 Å². The van der Waals surface area contributed by atoms with Crippen molar-refractivity contribution in [1.29, 1.82) is 0 Å². The average molecular weight is 332 g/mol. The lowest BCUT2D eigenvalue weighted by Crippen LogP contribution is -2.34. The summed E-state index contributed by atoms with van der Waals surface area (Å²) in [6.45, 7) is 4.03. The average Bonchev–Trinajstić information content (AvgIpc) is 2.67. The fraction of sp³-hybridized carbons (Fsp3) is 0.273. The fourth-order valence-corrected chi connectivity index (χ4v) is 3.52. The van der Waals surface area contributed by atoms with Gasteiger partial charge in [0, 0.05) is 6.04 Å². The molecule has 3 nitrogen and oxygen atoms in total. The quantitative estimate of drug-likeness (QED) is 0.707. The number of ether oxygens (including phenoxy) is 1. The van der Waals surface area contributed by atoms with Crippen molar-refractivity contribution in [3.63, 3.8) is 0 Å². The topological polar surface area (TPSA) is 33.3 Å². The van der Waals surface area contributed by atoms with Gasteiger partial charge in [-0.15, -0.1) is 0 Å². The highest BCUT2D eigenvalue weighted by Crippen LogP contribution is 2.29. The van der Waals surface area contributed by atoms with E-state index in [0.717, 1.165) is 30.9 Å². The fourth-order valence-electron chi connectivity index (χ4n) is 3.52. The van der Waals surface area contributed by atoms with Gasteiger partial charge in [-0.05, 0) is 48.4 Å². The van der Waals surface area contributed by atoms with Crippen LogP contribution in [0.4, 0.5) is 5.69 Å². The van der Waals surface area contributed by atoms with Crippen molar-refractivity contribution >= 4 is 16.5 Å². The Kier molecular flexibility index (Phi) is 4.57. The highest BCUT2D eigenvalue weighted by atomic mass is 16.5. The summed E-state index contributed by atoms with van der Waals surface area (Å²) in [6, 6.07) is 23.6. The van der Waals surface area contributed by atoms with Gasteiger partial charge in [0.1, 0.15) is 11.9 Å². The molecule has 0 bridgehead atoms. The first kappa shape index (κ1) is 16.0. The van der Waals surface area contributed by atoms with Crippen LogP contribution >= 0.6 is 0 Å². The molecule has 0 aliphatic carbocycles. The molecular formula is C22H24N2O. The van der Waals surface area contributed by atoms with Gasteiger partial charge in [0.05, 0.1) is 12.2 Å². The second kappa shape index (κ2) is 7.16. The van der Waals surface area contributed by atoms with Gasteiger partial charge in [0.25, 0.3) is 0 Å². The molecule has 1 unspecified atom stereocenters. The van der Waals surface area contributed by atoms with Crippen LogP contribution in [0.3, 0.4) is 0 Å². The largest absolute Gasteiger partial charge is 0.486 e. The number of fused-ring (bicyclic) bond motifs is 2. The van der Waals surface area contributed by atoms with Crippen LogP contribution in [0, 0.1) is 0 Å². The summed E-state index contributed by atoms with van der Waals surface area (Å²) in [7, 11) is 0. The minimum atomic E-state index is 0.210. The summed E-state index contributed by atoms with van der Waals surface area (Å²) >= 11 is 0. The molecule has 3 aromatic carbocycles. The molecule has 128 valence electrons. The molecule has 0 amide bonds. The van der Waals surface area contributed by atoms with Crippen LogP contribution in [0.25, 0.3) is 10.8 Å². The van der Waals surface area contributed by atoms with Crippen molar-refractivity contribution in [2.75, 3.05) is 18.4 Å². The summed E-state index contributed by atoms with van der Waals surface area (Å²) in [5.74, 6) is 0.959. The summed E-state index contributed by atoms with van der Waals surface area (Å²) in [6.07, 6.45) is 1.19. The number of rotatable bonds is 5. The molecule has 25 heavy (non-hydrogen) atoms. The van der Waals surface area contributed by atoms with Crippen LogP contribution in [0.2, 0.25) is 0 Å². The first-order chi connectivity index (χ1) is 12.3. The number of hydrogen-bond acceptors (Lipinski definition) is 3. The molecule has 2 atom stereocenters. The Morgan fingerprint density at radius 3 is 2.80 bits per heavy atom. The molecule has 0 fully saturated rings. The summed E-state index contributed by atoms with van der Waals surface area (Å²) < 4.78 is 6.09. The lowest BCUT2D eigenvalue weighted by molar-refractivity contribution is 0.193. The van der Waals surface area contributed by atoms with Gasteiger partial charge < -0.3 is 15.4 Å². The zero-order chi connectivity index (χ0) is 17.1. The number of para-hydroxylation sites is 2. The first-order valence-electron chi connectivity index (χ1n) is 9.02. The van der Waals surface area contributed by atoms with E-state index in [4.69, 9.17) is 4.74 Å². The van der Waals surface area contributed by atoms with E-state index in [-0.39, 0.29) is 6.10 Å². The second-order valence-corrected chi connectivity index (χ2v) is 6.65. The molecule has 1 aliphatic rings. The van der Waals surface area contributed by atoms with Crippen molar-refractivity contribution in [3.05, 3.63) is 72.3 Å². The van der Waals surface area contributed by atoms with Crippen LogP contribution < -0.4 is 15.4 Å². The zero-order valence-corrected chi connectivity index (χ0v) is 14.5. The van der Waals surface area contributed by atoms with Crippen LogP contribution in [0.5, 0.6) is 5.75 Å². The smallest absolute Gasteiger partial charge is 0.142 e. The maximum absolute atomic E-state index is 6.09. The number of nitrogens with one attached hydrogen (secondary N) is 2. The van der Waals surface area contributed by atoms with E-state index in [1.165, 1.54) is 16.3 Å². The second-order valence-electron chi connectivity index (χ2n) is 6.65. The van der Waals surface area contributed by atoms with Crippen molar-refractivity contribution in [2.45, 2.75) is 25.5 Å². The minimum absolute atomic E-state index is 0.210. The lowest BCUT2D eigenvalue weighted by Gasteiger charge is -2.28. The van der Waals surface area contributed by atoms with E-state index in [0.29, 0.717) is 6.04 Å². The highest BCUT2D eigenvalue weighted by molar-refractivity contribution is 5.86. The van der Waals surface area contributed by atoms with E-state index in [9.17, 15) is 0 Å². The first-order valence-corrected chi connectivity index (χ1v) is 9.02. The highest BCUT2D eigenvalue weighted by Gasteiger charge is 2.18. The lowest BCUT2D eigenvalue weighted by atomic mass is 9.99. The van der Waals surface area contributed by atoms with Gasteiger partial charge >= 0.3 is 0 Å². The van der Waals surface area contributed by atoms with E-state index < -0.39 is 0 Å². The van der Waals surface area contributed by atoms with Gasteiger partial charge in [0.2, 0.25) is 0 Å². The Morgan fingerprint density at radius 2 is 1.84 bits per heavy atom. The molecule has 3 heteroatoms. The van der Waals surface area contributed by atoms with Gasteiger partial charge in [-0.2, -0.15) is 0 Å². The molecular weight excluding hydrogens is 308 g/mol. The molecule has 4 rings (SSSR count). The number of hydrogen-bond donors (Lipinski definition) is 2. The monoisotopic (exact) mass is 332 g/mol. The molecule has 2 N–H and O–H groups in total. The summed E-state index contributed by atoms with van der Waals surface area (Å²) in [4.78, 5) is 0. The summed E-state index contributed by atoms with van der Waals surface area (Å²) in [5.41, 5.74) is 2.45. The van der Waals surface area contributed by atoms with Crippen LogP contribution in [-0.2, 0) is 0 Å². The molecule has 1 heterocycles. The van der Waals surface area contributed by atoms with Gasteiger partial charge in [-0.25, -0.2) is 0 Å². The standard InChI is InChI=1S/C22H24N2O/c1-16(19-10-6-8-17-7-2-3-9-20(17)19)23-14-13-18-15-24-21-11-4-5-12-22(21)25-18/h2-12,16,18,23-24H,13-15H2,1H3/t16-,18?/m1/s1. The van der Waals surface area contributed by atoms with E-state index in [1.54, 1.807) is 0 Å².